The minimum absolute atomic E-state index is 0.105. The van der Waals surface area contributed by atoms with Crippen molar-refractivity contribution in [2.24, 2.45) is 0 Å². The van der Waals surface area contributed by atoms with Crippen LogP contribution in [0.15, 0.2) is 42.5 Å². The van der Waals surface area contributed by atoms with Crippen molar-refractivity contribution in [3.63, 3.8) is 0 Å². The highest BCUT2D eigenvalue weighted by atomic mass is 35.5. The van der Waals surface area contributed by atoms with Crippen LogP contribution in [-0.4, -0.2) is 34.0 Å². The minimum atomic E-state index is -0.600. The van der Waals surface area contributed by atoms with Crippen LogP contribution < -0.4 is 5.32 Å². The van der Waals surface area contributed by atoms with Crippen LogP contribution in [0, 0.1) is 6.92 Å². The van der Waals surface area contributed by atoms with Gasteiger partial charge in [0.25, 0.3) is 0 Å². The Bertz CT molecular complexity index is 908. The van der Waals surface area contributed by atoms with Crippen molar-refractivity contribution in [2.45, 2.75) is 58.5 Å². The Kier molecular flexibility index (Phi) is 9.28. The number of nitrogens with zero attached hydrogens (tertiary/aromatic N) is 1. The van der Waals surface area contributed by atoms with E-state index in [1.165, 1.54) is 11.8 Å². The summed E-state index contributed by atoms with van der Waals surface area (Å²) in [6, 6.07) is 12.7. The molecular weight excluding hydrogens is 451 g/mol. The maximum atomic E-state index is 13.2. The van der Waals surface area contributed by atoms with E-state index in [4.69, 9.17) is 23.2 Å². The van der Waals surface area contributed by atoms with Crippen LogP contribution in [-0.2, 0) is 21.9 Å². The van der Waals surface area contributed by atoms with Crippen molar-refractivity contribution < 1.29 is 9.59 Å². The summed E-state index contributed by atoms with van der Waals surface area (Å²) in [5.74, 6) is 0.463. The molecule has 2 aromatic carbocycles. The Morgan fingerprint density at radius 3 is 2.29 bits per heavy atom. The van der Waals surface area contributed by atoms with E-state index in [2.05, 4.69) is 5.32 Å². The van der Waals surface area contributed by atoms with Crippen LogP contribution in [0.3, 0.4) is 0 Å². The average molecular weight is 481 g/mol. The first kappa shape index (κ1) is 25.6. The molecule has 0 aliphatic rings. The topological polar surface area (TPSA) is 49.4 Å². The number of nitrogens with one attached hydrogen (secondary N) is 1. The summed E-state index contributed by atoms with van der Waals surface area (Å²) < 4.78 is 0. The molecule has 0 spiro atoms. The van der Waals surface area contributed by atoms with E-state index in [-0.39, 0.29) is 23.1 Å². The fourth-order valence-electron chi connectivity index (χ4n) is 3.06. The van der Waals surface area contributed by atoms with Gasteiger partial charge in [-0.3, -0.25) is 9.59 Å². The lowest BCUT2D eigenvalue weighted by atomic mass is 10.1. The first-order chi connectivity index (χ1) is 14.5. The molecule has 7 heteroatoms. The Morgan fingerprint density at radius 1 is 1.10 bits per heavy atom. The lowest BCUT2D eigenvalue weighted by molar-refractivity contribution is -0.139. The second-order valence-corrected chi connectivity index (χ2v) is 10.4. The molecule has 2 aromatic rings. The van der Waals surface area contributed by atoms with Gasteiger partial charge in [0.2, 0.25) is 11.8 Å². The van der Waals surface area contributed by atoms with E-state index < -0.39 is 6.04 Å². The molecule has 0 saturated carbocycles. The molecule has 1 N–H and O–H groups in total. The number of thioether (sulfide) groups is 1. The molecule has 0 saturated heterocycles. The molecule has 0 bridgehead atoms. The van der Waals surface area contributed by atoms with Gasteiger partial charge in [0.15, 0.2) is 0 Å². The number of rotatable bonds is 8. The number of carbonyl (C=O) groups is 2. The number of benzene rings is 2. The maximum absolute atomic E-state index is 13.2. The molecule has 2 amide bonds. The summed E-state index contributed by atoms with van der Waals surface area (Å²) in [6.07, 6.45) is 0. The molecule has 0 radical (unpaired) electrons. The van der Waals surface area contributed by atoms with Crippen molar-refractivity contribution in [1.82, 2.24) is 10.2 Å². The lowest BCUT2D eigenvalue weighted by Gasteiger charge is -2.31. The number of amides is 2. The van der Waals surface area contributed by atoms with Gasteiger partial charge >= 0.3 is 0 Å². The van der Waals surface area contributed by atoms with Gasteiger partial charge < -0.3 is 10.2 Å². The largest absolute Gasteiger partial charge is 0.350 e. The second-order valence-electron chi connectivity index (χ2n) is 8.62. The fourth-order valence-corrected chi connectivity index (χ4v) is 4.70. The van der Waals surface area contributed by atoms with Crippen molar-refractivity contribution in [2.75, 3.05) is 5.75 Å². The highest BCUT2D eigenvalue weighted by Gasteiger charge is 2.28. The number of hydrogen-bond donors (Lipinski definition) is 1. The third kappa shape index (κ3) is 8.06. The number of carbonyl (C=O) groups excluding carboxylic acids is 2. The van der Waals surface area contributed by atoms with E-state index in [1.807, 2.05) is 52.0 Å². The molecule has 0 aliphatic carbocycles. The van der Waals surface area contributed by atoms with Gasteiger partial charge in [0, 0.05) is 27.9 Å². The normalized spacial score (nSPS) is 12.4. The number of halogens is 2. The van der Waals surface area contributed by atoms with Crippen LogP contribution in [0.1, 0.15) is 44.4 Å². The Labute approximate surface area is 199 Å². The van der Waals surface area contributed by atoms with Gasteiger partial charge in [-0.1, -0.05) is 59.1 Å². The van der Waals surface area contributed by atoms with E-state index in [0.717, 1.165) is 16.7 Å². The summed E-state index contributed by atoms with van der Waals surface area (Å²) >= 11 is 13.9. The molecule has 168 valence electrons. The van der Waals surface area contributed by atoms with Crippen LogP contribution >= 0.6 is 35.0 Å². The predicted molar refractivity (Wildman–Crippen MR) is 132 cm³/mol. The first-order valence-electron chi connectivity index (χ1n) is 10.2. The standard InChI is InChI=1S/C24H30Cl2N2O2S/c1-16-8-6-9-18(12-16)13-28(17(2)23(30)27-24(3,4)5)22(29)15-31-14-19-20(25)10-7-11-21(19)26/h6-12,17H,13-15H2,1-5H3,(H,27,30)/t17-/m0/s1. The van der Waals surface area contributed by atoms with Crippen LogP contribution in [0.5, 0.6) is 0 Å². The predicted octanol–water partition coefficient (Wildman–Crippen LogP) is 5.87. The molecule has 0 aromatic heterocycles. The molecule has 0 heterocycles. The molecule has 0 aliphatic heterocycles. The highest BCUT2D eigenvalue weighted by molar-refractivity contribution is 7.99. The van der Waals surface area contributed by atoms with E-state index >= 15 is 0 Å². The summed E-state index contributed by atoms with van der Waals surface area (Å²) in [6.45, 7) is 9.92. The maximum Gasteiger partial charge on any atom is 0.242 e. The quantitative estimate of drug-likeness (QED) is 0.513. The molecule has 31 heavy (non-hydrogen) atoms. The van der Waals surface area contributed by atoms with Crippen LogP contribution in [0.2, 0.25) is 10.0 Å². The molecular formula is C24H30Cl2N2O2S. The molecule has 4 nitrogen and oxygen atoms in total. The zero-order valence-electron chi connectivity index (χ0n) is 18.7. The van der Waals surface area contributed by atoms with Gasteiger partial charge in [-0.05, 0) is 57.9 Å². The third-order valence-corrected chi connectivity index (χ3v) is 6.29. The first-order valence-corrected chi connectivity index (χ1v) is 12.1. The average Bonchev–Trinajstić information content (AvgIpc) is 2.66. The van der Waals surface area contributed by atoms with E-state index in [1.54, 1.807) is 30.0 Å². The van der Waals surface area contributed by atoms with Gasteiger partial charge in [-0.15, -0.1) is 11.8 Å². The highest BCUT2D eigenvalue weighted by Crippen LogP contribution is 2.28. The molecule has 2 rings (SSSR count). The van der Waals surface area contributed by atoms with Crippen molar-refractivity contribution in [1.29, 1.82) is 0 Å². The SMILES string of the molecule is Cc1cccc(CN(C(=O)CSCc2c(Cl)cccc2Cl)[C@@H](C)C(=O)NC(C)(C)C)c1. The Balaban J connectivity index is 2.14. The lowest BCUT2D eigenvalue weighted by Crippen LogP contribution is -2.52. The van der Waals surface area contributed by atoms with E-state index in [0.29, 0.717) is 22.3 Å². The monoisotopic (exact) mass is 480 g/mol. The van der Waals surface area contributed by atoms with Gasteiger partial charge in [-0.25, -0.2) is 0 Å². The molecule has 0 unspecified atom stereocenters. The third-order valence-electron chi connectivity index (χ3n) is 4.63. The van der Waals surface area contributed by atoms with Crippen molar-refractivity contribution in [3.05, 3.63) is 69.2 Å². The second kappa shape index (κ2) is 11.3. The summed E-state index contributed by atoms with van der Waals surface area (Å²) in [5.41, 5.74) is 2.54. The number of hydrogen-bond acceptors (Lipinski definition) is 3. The van der Waals surface area contributed by atoms with E-state index in [9.17, 15) is 9.59 Å². The molecule has 1 atom stereocenters. The minimum Gasteiger partial charge on any atom is -0.350 e. The Morgan fingerprint density at radius 2 is 1.71 bits per heavy atom. The zero-order chi connectivity index (χ0) is 23.2. The summed E-state index contributed by atoms with van der Waals surface area (Å²) in [4.78, 5) is 27.6. The zero-order valence-corrected chi connectivity index (χ0v) is 21.0. The summed E-state index contributed by atoms with van der Waals surface area (Å²) in [7, 11) is 0. The Hall–Kier alpha value is -1.69. The molecule has 0 fully saturated rings. The van der Waals surface area contributed by atoms with Gasteiger partial charge in [0.05, 0.1) is 5.75 Å². The van der Waals surface area contributed by atoms with Crippen molar-refractivity contribution >= 4 is 46.8 Å². The van der Waals surface area contributed by atoms with Crippen LogP contribution in [0.25, 0.3) is 0 Å². The van der Waals surface area contributed by atoms with Crippen molar-refractivity contribution in [3.8, 4) is 0 Å². The fraction of sp³-hybridized carbons (Fsp3) is 0.417. The smallest absolute Gasteiger partial charge is 0.242 e. The van der Waals surface area contributed by atoms with Crippen LogP contribution in [0.4, 0.5) is 0 Å². The van der Waals surface area contributed by atoms with Gasteiger partial charge in [0.1, 0.15) is 6.04 Å². The van der Waals surface area contributed by atoms with Gasteiger partial charge in [-0.2, -0.15) is 0 Å². The number of aryl methyl sites for hydroxylation is 1. The summed E-state index contributed by atoms with van der Waals surface area (Å²) in [5, 5.41) is 4.14.